The van der Waals surface area contributed by atoms with Crippen molar-refractivity contribution in [2.24, 2.45) is 5.41 Å². The lowest BCUT2D eigenvalue weighted by Crippen LogP contribution is -2.48. The van der Waals surface area contributed by atoms with Gasteiger partial charge in [0, 0.05) is 12.6 Å². The molecule has 1 saturated carbocycles. The topological polar surface area (TPSA) is 44.1 Å². The molecular weight excluding hydrogens is 224 g/mol. The van der Waals surface area contributed by atoms with Crippen LogP contribution < -0.4 is 0 Å². The number of nitriles is 1. The smallest absolute Gasteiger partial charge is 0.243 e. The standard InChI is InChI=1S/C15H26N2O/c1-4-15(5-2,12-16)14(18)17(6-3)13-10-8-7-9-11-13/h13H,4-11H2,1-3H3. The van der Waals surface area contributed by atoms with E-state index >= 15 is 0 Å². The summed E-state index contributed by atoms with van der Waals surface area (Å²) in [6, 6.07) is 2.64. The van der Waals surface area contributed by atoms with E-state index in [-0.39, 0.29) is 5.91 Å². The Hall–Kier alpha value is -1.04. The van der Waals surface area contributed by atoms with Crippen LogP contribution in [0.25, 0.3) is 0 Å². The van der Waals surface area contributed by atoms with Gasteiger partial charge in [-0.1, -0.05) is 33.1 Å². The van der Waals surface area contributed by atoms with Gasteiger partial charge in [-0.05, 0) is 32.6 Å². The number of carbonyl (C=O) groups is 1. The van der Waals surface area contributed by atoms with Gasteiger partial charge in [0.2, 0.25) is 5.91 Å². The van der Waals surface area contributed by atoms with Crippen molar-refractivity contribution >= 4 is 5.91 Å². The average molecular weight is 250 g/mol. The van der Waals surface area contributed by atoms with Crippen molar-refractivity contribution in [2.75, 3.05) is 6.54 Å². The molecule has 1 aliphatic carbocycles. The molecule has 0 atom stereocenters. The summed E-state index contributed by atoms with van der Waals surface area (Å²) in [7, 11) is 0. The number of nitrogens with zero attached hydrogens (tertiary/aromatic N) is 2. The largest absolute Gasteiger partial charge is 0.339 e. The zero-order chi connectivity index (χ0) is 13.6. The zero-order valence-corrected chi connectivity index (χ0v) is 12.0. The molecule has 0 aliphatic heterocycles. The Bertz CT molecular complexity index is 309. The van der Waals surface area contributed by atoms with Crippen LogP contribution in [0.1, 0.15) is 65.7 Å². The molecular formula is C15H26N2O. The molecule has 18 heavy (non-hydrogen) atoms. The molecule has 0 aromatic heterocycles. The van der Waals surface area contributed by atoms with Crippen molar-refractivity contribution < 1.29 is 4.79 Å². The molecule has 1 aliphatic rings. The summed E-state index contributed by atoms with van der Waals surface area (Å²) in [6.45, 7) is 6.64. The minimum absolute atomic E-state index is 0.0596. The molecule has 0 radical (unpaired) electrons. The van der Waals surface area contributed by atoms with Crippen LogP contribution in [0, 0.1) is 16.7 Å². The molecule has 3 nitrogen and oxygen atoms in total. The summed E-state index contributed by atoms with van der Waals surface area (Å²) < 4.78 is 0. The van der Waals surface area contributed by atoms with Crippen LogP contribution in [0.3, 0.4) is 0 Å². The highest BCUT2D eigenvalue weighted by Crippen LogP contribution is 2.31. The summed E-state index contributed by atoms with van der Waals surface area (Å²) in [6.07, 6.45) is 7.15. The lowest BCUT2D eigenvalue weighted by molar-refractivity contribution is -0.142. The fourth-order valence-electron chi connectivity index (χ4n) is 2.99. The maximum Gasteiger partial charge on any atom is 0.243 e. The Kier molecular flexibility index (Phi) is 5.65. The van der Waals surface area contributed by atoms with E-state index in [0.29, 0.717) is 18.9 Å². The summed E-state index contributed by atoms with van der Waals surface area (Å²) in [4.78, 5) is 14.7. The first-order chi connectivity index (χ1) is 8.65. The van der Waals surface area contributed by atoms with Crippen LogP contribution in [0.5, 0.6) is 0 Å². The number of amides is 1. The van der Waals surface area contributed by atoms with Gasteiger partial charge in [-0.15, -0.1) is 0 Å². The van der Waals surface area contributed by atoms with Gasteiger partial charge in [-0.3, -0.25) is 4.79 Å². The van der Waals surface area contributed by atoms with Gasteiger partial charge in [-0.25, -0.2) is 0 Å². The van der Waals surface area contributed by atoms with Gasteiger partial charge >= 0.3 is 0 Å². The third-order valence-corrected chi connectivity index (χ3v) is 4.45. The molecule has 0 N–H and O–H groups in total. The van der Waals surface area contributed by atoms with Crippen LogP contribution in [0.4, 0.5) is 0 Å². The Labute approximate surface area is 111 Å². The zero-order valence-electron chi connectivity index (χ0n) is 12.0. The first kappa shape index (κ1) is 15.0. The van der Waals surface area contributed by atoms with E-state index in [4.69, 9.17) is 0 Å². The Morgan fingerprint density at radius 3 is 2.17 bits per heavy atom. The molecule has 0 aromatic carbocycles. The van der Waals surface area contributed by atoms with E-state index in [0.717, 1.165) is 19.4 Å². The molecule has 0 heterocycles. The summed E-state index contributed by atoms with van der Waals surface area (Å²) in [5, 5.41) is 9.39. The Morgan fingerprint density at radius 1 is 1.22 bits per heavy atom. The number of hydrogen-bond donors (Lipinski definition) is 0. The molecule has 0 aromatic rings. The third-order valence-electron chi connectivity index (χ3n) is 4.45. The molecule has 0 bridgehead atoms. The Balaban J connectivity index is 2.86. The molecule has 0 spiro atoms. The maximum absolute atomic E-state index is 12.7. The second kappa shape index (κ2) is 6.78. The van der Waals surface area contributed by atoms with Crippen LogP contribution in [0.15, 0.2) is 0 Å². The summed E-state index contributed by atoms with van der Waals surface area (Å²) in [5.74, 6) is 0.0596. The van der Waals surface area contributed by atoms with Crippen molar-refractivity contribution in [1.29, 1.82) is 5.26 Å². The monoisotopic (exact) mass is 250 g/mol. The normalized spacial score (nSPS) is 17.2. The van der Waals surface area contributed by atoms with E-state index in [1.807, 2.05) is 25.7 Å². The maximum atomic E-state index is 12.7. The molecule has 102 valence electrons. The second-order valence-electron chi connectivity index (χ2n) is 5.28. The molecule has 1 amide bonds. The summed E-state index contributed by atoms with van der Waals surface area (Å²) in [5.41, 5.74) is -0.798. The lowest BCUT2D eigenvalue weighted by atomic mass is 9.81. The average Bonchev–Trinajstić information content (AvgIpc) is 2.43. The van der Waals surface area contributed by atoms with E-state index < -0.39 is 5.41 Å². The van der Waals surface area contributed by atoms with E-state index in [1.54, 1.807) is 0 Å². The van der Waals surface area contributed by atoms with Crippen molar-refractivity contribution in [2.45, 2.75) is 71.8 Å². The van der Waals surface area contributed by atoms with Crippen molar-refractivity contribution in [1.82, 2.24) is 4.90 Å². The quantitative estimate of drug-likeness (QED) is 0.749. The fraction of sp³-hybridized carbons (Fsp3) is 0.867. The molecule has 0 saturated heterocycles. The number of rotatable bonds is 5. The highest BCUT2D eigenvalue weighted by Gasteiger charge is 2.40. The lowest BCUT2D eigenvalue weighted by Gasteiger charge is -2.38. The van der Waals surface area contributed by atoms with Gasteiger partial charge < -0.3 is 4.90 Å². The predicted molar refractivity (Wildman–Crippen MR) is 72.9 cm³/mol. The van der Waals surface area contributed by atoms with Crippen LogP contribution in [0.2, 0.25) is 0 Å². The van der Waals surface area contributed by atoms with E-state index in [9.17, 15) is 10.1 Å². The minimum Gasteiger partial charge on any atom is -0.339 e. The van der Waals surface area contributed by atoms with Gasteiger partial charge in [0.1, 0.15) is 5.41 Å². The number of carbonyl (C=O) groups excluding carboxylic acids is 1. The van der Waals surface area contributed by atoms with Crippen LogP contribution in [-0.2, 0) is 4.79 Å². The van der Waals surface area contributed by atoms with Crippen molar-refractivity contribution in [3.63, 3.8) is 0 Å². The van der Waals surface area contributed by atoms with Crippen molar-refractivity contribution in [3.05, 3.63) is 0 Å². The van der Waals surface area contributed by atoms with E-state index in [1.165, 1.54) is 19.3 Å². The first-order valence-electron chi connectivity index (χ1n) is 7.37. The first-order valence-corrected chi connectivity index (χ1v) is 7.37. The predicted octanol–water partition coefficient (Wildman–Crippen LogP) is 3.50. The third kappa shape index (κ3) is 2.85. The van der Waals surface area contributed by atoms with Gasteiger partial charge in [0.15, 0.2) is 0 Å². The molecule has 3 heteroatoms. The van der Waals surface area contributed by atoms with Gasteiger partial charge in [-0.2, -0.15) is 5.26 Å². The molecule has 1 rings (SSSR count). The van der Waals surface area contributed by atoms with Gasteiger partial charge in [0.05, 0.1) is 6.07 Å². The van der Waals surface area contributed by atoms with Crippen LogP contribution >= 0.6 is 0 Å². The fourth-order valence-corrected chi connectivity index (χ4v) is 2.99. The molecule has 0 unspecified atom stereocenters. The second-order valence-corrected chi connectivity index (χ2v) is 5.28. The molecule has 1 fully saturated rings. The van der Waals surface area contributed by atoms with Gasteiger partial charge in [0.25, 0.3) is 0 Å². The minimum atomic E-state index is -0.798. The van der Waals surface area contributed by atoms with Crippen LogP contribution in [-0.4, -0.2) is 23.4 Å². The SMILES string of the molecule is CCN(C(=O)C(C#N)(CC)CC)C1CCCCC1. The van der Waals surface area contributed by atoms with Crippen molar-refractivity contribution in [3.8, 4) is 6.07 Å². The highest BCUT2D eigenvalue weighted by atomic mass is 16.2. The highest BCUT2D eigenvalue weighted by molar-refractivity contribution is 5.85. The Morgan fingerprint density at radius 2 is 1.78 bits per heavy atom. The number of hydrogen-bond acceptors (Lipinski definition) is 2. The van der Waals surface area contributed by atoms with E-state index in [2.05, 4.69) is 6.07 Å². The summed E-state index contributed by atoms with van der Waals surface area (Å²) >= 11 is 0.